The van der Waals surface area contributed by atoms with E-state index in [-0.39, 0.29) is 13.2 Å². The Hall–Kier alpha value is -2.37. The summed E-state index contributed by atoms with van der Waals surface area (Å²) in [7, 11) is 0. The van der Waals surface area contributed by atoms with Gasteiger partial charge in [0.05, 0.1) is 25.9 Å². The van der Waals surface area contributed by atoms with Crippen LogP contribution in [0.4, 0.5) is 5.69 Å². The number of anilines is 1. The van der Waals surface area contributed by atoms with E-state index >= 15 is 0 Å². The topological polar surface area (TPSA) is 79.9 Å². The number of aliphatic hydroxyl groups excluding tert-OH is 1. The fourth-order valence-electron chi connectivity index (χ4n) is 2.98. The third-order valence-corrected chi connectivity index (χ3v) is 4.27. The first kappa shape index (κ1) is 17.5. The summed E-state index contributed by atoms with van der Waals surface area (Å²) >= 11 is 0. The van der Waals surface area contributed by atoms with Gasteiger partial charge in [-0.2, -0.15) is 0 Å². The summed E-state index contributed by atoms with van der Waals surface area (Å²) in [6, 6.07) is 16.2. The second kappa shape index (κ2) is 8.65. The van der Waals surface area contributed by atoms with Crippen LogP contribution in [0.2, 0.25) is 0 Å². The van der Waals surface area contributed by atoms with Gasteiger partial charge in [0.2, 0.25) is 0 Å². The van der Waals surface area contributed by atoms with Gasteiger partial charge in [-0.25, -0.2) is 0 Å². The number of nitrogens with zero attached hydrogens (tertiary/aromatic N) is 1. The molecule has 5 heteroatoms. The van der Waals surface area contributed by atoms with Gasteiger partial charge in [-0.15, -0.1) is 0 Å². The molecule has 4 N–H and O–H groups in total. The van der Waals surface area contributed by atoms with Crippen molar-refractivity contribution in [3.05, 3.63) is 65.2 Å². The first-order chi connectivity index (χ1) is 12.2. The number of aliphatic hydroxyl groups is 1. The number of hydrogen-bond acceptors (Lipinski definition) is 3. The molecular weight excluding hydrogens is 314 g/mol. The van der Waals surface area contributed by atoms with Crippen LogP contribution in [-0.2, 0) is 24.2 Å². The highest BCUT2D eigenvalue weighted by atomic mass is 16.5. The van der Waals surface area contributed by atoms with Gasteiger partial charge in [-0.1, -0.05) is 36.4 Å². The molecule has 0 saturated heterocycles. The maximum atomic E-state index is 9.95. The molecule has 0 aromatic heterocycles. The molecule has 25 heavy (non-hydrogen) atoms. The van der Waals surface area contributed by atoms with Crippen LogP contribution in [0.5, 0.6) is 0 Å². The third kappa shape index (κ3) is 5.31. The molecule has 1 aliphatic rings. The molecule has 0 amide bonds. The molecule has 0 aliphatic heterocycles. The van der Waals surface area contributed by atoms with Gasteiger partial charge in [-0.3, -0.25) is 4.99 Å². The van der Waals surface area contributed by atoms with Crippen molar-refractivity contribution in [1.29, 1.82) is 0 Å². The average Bonchev–Trinajstić information content (AvgIpc) is 3.09. The van der Waals surface area contributed by atoms with E-state index in [1.807, 2.05) is 36.4 Å². The number of benzene rings is 2. The number of nitrogens with one attached hydrogen (secondary N) is 1. The Morgan fingerprint density at radius 2 is 1.96 bits per heavy atom. The molecule has 1 atom stereocenters. The molecule has 3 rings (SSSR count). The highest BCUT2D eigenvalue weighted by Crippen LogP contribution is 2.24. The van der Waals surface area contributed by atoms with Crippen LogP contribution >= 0.6 is 0 Å². The first-order valence-electron chi connectivity index (χ1n) is 8.69. The van der Waals surface area contributed by atoms with E-state index in [4.69, 9.17) is 10.5 Å². The molecule has 2 aromatic rings. The van der Waals surface area contributed by atoms with Gasteiger partial charge >= 0.3 is 0 Å². The number of fused-ring (bicyclic) bond motifs is 1. The average molecular weight is 339 g/mol. The molecule has 0 saturated carbocycles. The number of rotatable bonds is 7. The number of ether oxygens (including phenoxy) is 1. The van der Waals surface area contributed by atoms with Gasteiger partial charge in [0.25, 0.3) is 0 Å². The van der Waals surface area contributed by atoms with Crippen LogP contribution in [0.3, 0.4) is 0 Å². The molecule has 1 unspecified atom stereocenters. The molecule has 0 bridgehead atoms. The van der Waals surface area contributed by atoms with Crippen molar-refractivity contribution in [2.45, 2.75) is 32.0 Å². The zero-order valence-corrected chi connectivity index (χ0v) is 14.3. The van der Waals surface area contributed by atoms with E-state index in [0.717, 1.165) is 24.1 Å². The summed E-state index contributed by atoms with van der Waals surface area (Å²) < 4.78 is 5.50. The zero-order chi connectivity index (χ0) is 17.5. The predicted octanol–water partition coefficient (Wildman–Crippen LogP) is 2.48. The van der Waals surface area contributed by atoms with Crippen molar-refractivity contribution >= 4 is 11.6 Å². The molecule has 0 spiro atoms. The van der Waals surface area contributed by atoms with Gasteiger partial charge in [0.1, 0.15) is 0 Å². The number of aliphatic imine (C=N–C) groups is 1. The Kier molecular flexibility index (Phi) is 6.04. The van der Waals surface area contributed by atoms with E-state index in [1.54, 1.807) is 0 Å². The van der Waals surface area contributed by atoms with Crippen LogP contribution in [-0.4, -0.2) is 30.3 Å². The van der Waals surface area contributed by atoms with E-state index in [1.165, 1.54) is 17.5 Å². The predicted molar refractivity (Wildman–Crippen MR) is 101 cm³/mol. The van der Waals surface area contributed by atoms with Crippen molar-refractivity contribution in [1.82, 2.24) is 0 Å². The Bertz CT molecular complexity index is 716. The Morgan fingerprint density at radius 3 is 2.80 bits per heavy atom. The summed E-state index contributed by atoms with van der Waals surface area (Å²) in [5.41, 5.74) is 10.7. The van der Waals surface area contributed by atoms with E-state index < -0.39 is 6.10 Å². The SMILES string of the molecule is NC(=NCC(O)COCc1ccccc1)Nc1ccc2c(c1)CCC2. The monoisotopic (exact) mass is 339 g/mol. The fraction of sp³-hybridized carbons (Fsp3) is 0.350. The Morgan fingerprint density at radius 1 is 1.16 bits per heavy atom. The molecule has 0 fully saturated rings. The summed E-state index contributed by atoms with van der Waals surface area (Å²) in [6.07, 6.45) is 2.83. The summed E-state index contributed by atoms with van der Waals surface area (Å²) in [4.78, 5) is 4.19. The number of guanidine groups is 1. The standard InChI is InChI=1S/C20H25N3O2/c21-20(23-18-10-9-16-7-4-8-17(16)11-18)22-12-19(24)14-25-13-15-5-2-1-3-6-15/h1-3,5-6,9-11,19,24H,4,7-8,12-14H2,(H3,21,22,23). The molecule has 0 heterocycles. The van der Waals surface area contributed by atoms with Gasteiger partial charge in [-0.05, 0) is 48.1 Å². The van der Waals surface area contributed by atoms with Crippen molar-refractivity contribution in [2.75, 3.05) is 18.5 Å². The first-order valence-corrected chi connectivity index (χ1v) is 8.69. The van der Waals surface area contributed by atoms with Crippen LogP contribution in [0, 0.1) is 0 Å². The van der Waals surface area contributed by atoms with E-state index in [9.17, 15) is 5.11 Å². The van der Waals surface area contributed by atoms with E-state index in [2.05, 4.69) is 22.4 Å². The highest BCUT2D eigenvalue weighted by Gasteiger charge is 2.11. The molecule has 132 valence electrons. The highest BCUT2D eigenvalue weighted by molar-refractivity contribution is 5.92. The third-order valence-electron chi connectivity index (χ3n) is 4.27. The van der Waals surface area contributed by atoms with Gasteiger partial charge < -0.3 is 20.9 Å². The minimum Gasteiger partial charge on any atom is -0.389 e. The van der Waals surface area contributed by atoms with Crippen molar-refractivity contribution in [3.8, 4) is 0 Å². The lowest BCUT2D eigenvalue weighted by molar-refractivity contribution is 0.0331. The zero-order valence-electron chi connectivity index (χ0n) is 14.3. The molecule has 0 radical (unpaired) electrons. The van der Waals surface area contributed by atoms with Crippen molar-refractivity contribution in [2.24, 2.45) is 10.7 Å². The number of nitrogens with two attached hydrogens (primary N) is 1. The van der Waals surface area contributed by atoms with Crippen LogP contribution < -0.4 is 11.1 Å². The van der Waals surface area contributed by atoms with E-state index in [0.29, 0.717) is 12.6 Å². The van der Waals surface area contributed by atoms with Crippen molar-refractivity contribution in [3.63, 3.8) is 0 Å². The largest absolute Gasteiger partial charge is 0.389 e. The van der Waals surface area contributed by atoms with Crippen molar-refractivity contribution < 1.29 is 9.84 Å². The minimum atomic E-state index is -0.677. The number of hydrogen-bond donors (Lipinski definition) is 3. The summed E-state index contributed by atoms with van der Waals surface area (Å²) in [5, 5.41) is 13.0. The second-order valence-corrected chi connectivity index (χ2v) is 6.34. The molecular formula is C20H25N3O2. The quantitative estimate of drug-likeness (QED) is 0.535. The maximum absolute atomic E-state index is 9.95. The summed E-state index contributed by atoms with van der Waals surface area (Å²) in [5.74, 6) is 0.306. The Labute approximate surface area is 148 Å². The fourth-order valence-corrected chi connectivity index (χ4v) is 2.98. The normalized spacial score (nSPS) is 15.0. The number of aryl methyl sites for hydroxylation is 2. The lowest BCUT2D eigenvalue weighted by atomic mass is 10.1. The minimum absolute atomic E-state index is 0.207. The maximum Gasteiger partial charge on any atom is 0.193 e. The lowest BCUT2D eigenvalue weighted by Crippen LogP contribution is -2.26. The smallest absolute Gasteiger partial charge is 0.193 e. The van der Waals surface area contributed by atoms with Crippen LogP contribution in [0.1, 0.15) is 23.1 Å². The molecule has 2 aromatic carbocycles. The summed E-state index contributed by atoms with van der Waals surface area (Å²) in [6.45, 7) is 0.910. The molecule has 5 nitrogen and oxygen atoms in total. The van der Waals surface area contributed by atoms with Crippen LogP contribution in [0.15, 0.2) is 53.5 Å². The lowest BCUT2D eigenvalue weighted by Gasteiger charge is -2.11. The van der Waals surface area contributed by atoms with Crippen LogP contribution in [0.25, 0.3) is 0 Å². The second-order valence-electron chi connectivity index (χ2n) is 6.34. The Balaban J connectivity index is 1.41. The van der Waals surface area contributed by atoms with Gasteiger partial charge in [0.15, 0.2) is 5.96 Å². The van der Waals surface area contributed by atoms with Gasteiger partial charge in [0, 0.05) is 5.69 Å². The molecule has 1 aliphatic carbocycles.